The van der Waals surface area contributed by atoms with Crippen LogP contribution in [-0.4, -0.2) is 53.1 Å². The molecule has 3 aliphatic rings. The zero-order valence-corrected chi connectivity index (χ0v) is 11.8. The van der Waals surface area contributed by atoms with Gasteiger partial charge in [-0.2, -0.15) is 0 Å². The fraction of sp³-hybridized carbons (Fsp3) is 0.800. The average Bonchev–Trinajstić information content (AvgIpc) is 2.43. The van der Waals surface area contributed by atoms with Gasteiger partial charge in [0.1, 0.15) is 5.78 Å². The molecule has 0 aromatic rings. The lowest BCUT2D eigenvalue weighted by atomic mass is 9.82. The van der Waals surface area contributed by atoms with E-state index in [2.05, 4.69) is 4.90 Å². The third-order valence-corrected chi connectivity index (χ3v) is 4.86. The van der Waals surface area contributed by atoms with Crippen molar-refractivity contribution in [3.05, 3.63) is 0 Å². The van der Waals surface area contributed by atoms with Gasteiger partial charge < -0.3 is 0 Å². The quantitative estimate of drug-likeness (QED) is 0.706. The Morgan fingerprint density at radius 2 is 1.60 bits per heavy atom. The Labute approximate surface area is 119 Å². The van der Waals surface area contributed by atoms with E-state index in [1.54, 1.807) is 0 Å². The number of imide groups is 1. The predicted octanol–water partition coefficient (Wildman–Crippen LogP) is 0.969. The van der Waals surface area contributed by atoms with Crippen molar-refractivity contribution in [2.45, 2.75) is 51.0 Å². The van der Waals surface area contributed by atoms with Crippen LogP contribution in [0.5, 0.6) is 0 Å². The summed E-state index contributed by atoms with van der Waals surface area (Å²) in [6.07, 6.45) is 5.23. The van der Waals surface area contributed by atoms with Crippen LogP contribution < -0.4 is 0 Å². The third-order valence-electron chi connectivity index (χ3n) is 4.86. The van der Waals surface area contributed by atoms with Crippen molar-refractivity contribution in [2.24, 2.45) is 5.92 Å². The number of likely N-dealkylation sites (tertiary alicyclic amines) is 1. The van der Waals surface area contributed by atoms with Crippen molar-refractivity contribution >= 4 is 17.6 Å². The smallest absolute Gasteiger partial charge is 0.229 e. The highest BCUT2D eigenvalue weighted by molar-refractivity contribution is 5.97. The number of amides is 2. The van der Waals surface area contributed by atoms with Gasteiger partial charge in [0.05, 0.1) is 6.04 Å². The minimum absolute atomic E-state index is 0.0540. The van der Waals surface area contributed by atoms with E-state index in [9.17, 15) is 14.4 Å². The molecule has 3 aliphatic heterocycles. The van der Waals surface area contributed by atoms with Gasteiger partial charge in [0.15, 0.2) is 0 Å². The van der Waals surface area contributed by atoms with Gasteiger partial charge in [-0.3, -0.25) is 24.2 Å². The molecule has 2 atom stereocenters. The first-order valence-corrected chi connectivity index (χ1v) is 7.77. The van der Waals surface area contributed by atoms with Gasteiger partial charge in [0, 0.05) is 25.8 Å². The molecule has 0 saturated carbocycles. The van der Waals surface area contributed by atoms with E-state index in [-0.39, 0.29) is 23.8 Å². The number of hydrogen-bond acceptors (Lipinski definition) is 4. The molecule has 5 heteroatoms. The minimum atomic E-state index is -0.0555. The Kier molecular flexibility index (Phi) is 3.87. The van der Waals surface area contributed by atoms with E-state index in [0.717, 1.165) is 32.4 Å². The highest BCUT2D eigenvalue weighted by Gasteiger charge is 2.40. The molecule has 5 nitrogen and oxygen atoms in total. The maximum absolute atomic E-state index is 12.2. The van der Waals surface area contributed by atoms with Gasteiger partial charge in [0.2, 0.25) is 11.8 Å². The number of piperidine rings is 3. The molecular formula is C15H22N2O3. The van der Waals surface area contributed by atoms with E-state index in [1.807, 2.05) is 0 Å². The normalized spacial score (nSPS) is 32.4. The molecule has 3 saturated heterocycles. The Morgan fingerprint density at radius 3 is 2.35 bits per heavy atom. The first kappa shape index (κ1) is 13.7. The molecule has 2 amide bonds. The van der Waals surface area contributed by atoms with Gasteiger partial charge in [-0.25, -0.2) is 0 Å². The maximum Gasteiger partial charge on any atom is 0.229 e. The number of nitrogens with zero attached hydrogens (tertiary/aromatic N) is 2. The highest BCUT2D eigenvalue weighted by Crippen LogP contribution is 2.30. The molecule has 0 aromatic heterocycles. The van der Waals surface area contributed by atoms with Crippen molar-refractivity contribution < 1.29 is 14.4 Å². The van der Waals surface area contributed by atoms with Crippen molar-refractivity contribution in [1.82, 2.24) is 9.80 Å². The summed E-state index contributed by atoms with van der Waals surface area (Å²) in [7, 11) is 0. The Balaban J connectivity index is 1.73. The second kappa shape index (κ2) is 5.64. The van der Waals surface area contributed by atoms with E-state index in [1.165, 1.54) is 4.90 Å². The van der Waals surface area contributed by atoms with Crippen molar-refractivity contribution in [2.75, 3.05) is 19.6 Å². The van der Waals surface area contributed by atoms with E-state index in [4.69, 9.17) is 0 Å². The van der Waals surface area contributed by atoms with Gasteiger partial charge in [-0.1, -0.05) is 0 Å². The fourth-order valence-corrected chi connectivity index (χ4v) is 3.90. The fourth-order valence-electron chi connectivity index (χ4n) is 3.90. The summed E-state index contributed by atoms with van der Waals surface area (Å²) in [5, 5.41) is 0. The molecule has 110 valence electrons. The molecule has 3 heterocycles. The zero-order valence-electron chi connectivity index (χ0n) is 11.8. The topological polar surface area (TPSA) is 57.7 Å². The molecule has 0 aliphatic carbocycles. The van der Waals surface area contributed by atoms with E-state index >= 15 is 0 Å². The number of ketones is 1. The minimum Gasteiger partial charge on any atom is -0.298 e. The lowest BCUT2D eigenvalue weighted by Gasteiger charge is -2.44. The summed E-state index contributed by atoms with van der Waals surface area (Å²) in [5.41, 5.74) is 0. The molecular weight excluding hydrogens is 256 g/mol. The third kappa shape index (κ3) is 2.51. The number of rotatable bonds is 2. The van der Waals surface area contributed by atoms with Gasteiger partial charge in [-0.15, -0.1) is 0 Å². The molecule has 0 aromatic carbocycles. The summed E-state index contributed by atoms with van der Waals surface area (Å²) in [6, 6.07) is -0.0555. The number of fused-ring (bicyclic) bond motifs is 1. The first-order chi connectivity index (χ1) is 9.66. The van der Waals surface area contributed by atoms with Gasteiger partial charge in [-0.05, 0) is 44.7 Å². The summed E-state index contributed by atoms with van der Waals surface area (Å²) < 4.78 is 0. The second-order valence-corrected chi connectivity index (χ2v) is 6.20. The van der Waals surface area contributed by atoms with Crippen LogP contribution in [0.3, 0.4) is 0 Å². The largest absolute Gasteiger partial charge is 0.298 e. The molecule has 0 bridgehead atoms. The zero-order chi connectivity index (χ0) is 14.1. The van der Waals surface area contributed by atoms with Crippen LogP contribution in [0.4, 0.5) is 0 Å². The Morgan fingerprint density at radius 1 is 0.900 bits per heavy atom. The number of Topliss-reactive ketones (excluding diaryl/α,β-unsaturated/α-hetero) is 1. The SMILES string of the molecule is O=C1CCCN2CCC[C@H](CN3C(=O)CCCC3=O)[C@@H]12. The van der Waals surface area contributed by atoms with Crippen LogP contribution in [-0.2, 0) is 14.4 Å². The molecule has 0 radical (unpaired) electrons. The van der Waals surface area contributed by atoms with Crippen molar-refractivity contribution in [3.63, 3.8) is 0 Å². The van der Waals surface area contributed by atoms with Crippen molar-refractivity contribution in [1.29, 1.82) is 0 Å². The van der Waals surface area contributed by atoms with Gasteiger partial charge >= 0.3 is 0 Å². The first-order valence-electron chi connectivity index (χ1n) is 7.77. The summed E-state index contributed by atoms with van der Waals surface area (Å²) in [5.74, 6) is 0.337. The molecule has 0 spiro atoms. The van der Waals surface area contributed by atoms with Crippen LogP contribution >= 0.6 is 0 Å². The van der Waals surface area contributed by atoms with Crippen LogP contribution in [0, 0.1) is 5.92 Å². The van der Waals surface area contributed by atoms with Crippen LogP contribution in [0.1, 0.15) is 44.9 Å². The summed E-state index contributed by atoms with van der Waals surface area (Å²) in [6.45, 7) is 2.41. The number of carbonyl (C=O) groups is 3. The monoisotopic (exact) mass is 278 g/mol. The average molecular weight is 278 g/mol. The van der Waals surface area contributed by atoms with E-state index in [0.29, 0.717) is 38.0 Å². The highest BCUT2D eigenvalue weighted by atomic mass is 16.2. The number of hydrogen-bond donors (Lipinski definition) is 0. The summed E-state index contributed by atoms with van der Waals surface area (Å²) >= 11 is 0. The second-order valence-electron chi connectivity index (χ2n) is 6.20. The standard InChI is InChI=1S/C15H22N2O3/c18-12-5-3-9-16-8-2-4-11(15(12)16)10-17-13(19)6-1-7-14(17)20/h11,15H,1-10H2/t11-,15+/m1/s1. The Hall–Kier alpha value is -1.23. The maximum atomic E-state index is 12.2. The molecule has 3 fully saturated rings. The Bertz CT molecular complexity index is 417. The van der Waals surface area contributed by atoms with Crippen LogP contribution in [0.25, 0.3) is 0 Å². The molecule has 0 N–H and O–H groups in total. The lowest BCUT2D eigenvalue weighted by Crippen LogP contribution is -2.56. The van der Waals surface area contributed by atoms with Crippen molar-refractivity contribution in [3.8, 4) is 0 Å². The molecule has 0 unspecified atom stereocenters. The van der Waals surface area contributed by atoms with Gasteiger partial charge in [0.25, 0.3) is 0 Å². The lowest BCUT2D eigenvalue weighted by molar-refractivity contribution is -0.151. The summed E-state index contributed by atoms with van der Waals surface area (Å²) in [4.78, 5) is 39.7. The molecule has 3 rings (SSSR count). The van der Waals surface area contributed by atoms with Crippen LogP contribution in [0.15, 0.2) is 0 Å². The molecule has 20 heavy (non-hydrogen) atoms. The predicted molar refractivity (Wildman–Crippen MR) is 72.9 cm³/mol. The number of carbonyl (C=O) groups excluding carboxylic acids is 3. The van der Waals surface area contributed by atoms with Crippen LogP contribution in [0.2, 0.25) is 0 Å². The van der Waals surface area contributed by atoms with E-state index < -0.39 is 0 Å².